The quantitative estimate of drug-likeness (QED) is 0.804. The van der Waals surface area contributed by atoms with Crippen LogP contribution in [-0.2, 0) is 18.9 Å². The van der Waals surface area contributed by atoms with Crippen molar-refractivity contribution < 1.29 is 19.0 Å². The van der Waals surface area contributed by atoms with Crippen LogP contribution in [0.3, 0.4) is 0 Å². The van der Waals surface area contributed by atoms with Gasteiger partial charge in [-0.3, -0.25) is 9.67 Å². The number of aliphatic hydroxyl groups is 2. The van der Waals surface area contributed by atoms with Crippen LogP contribution >= 0.6 is 0 Å². The van der Waals surface area contributed by atoms with E-state index in [4.69, 9.17) is 5.11 Å². The van der Waals surface area contributed by atoms with Gasteiger partial charge >= 0.3 is 0 Å². The van der Waals surface area contributed by atoms with Gasteiger partial charge in [0.1, 0.15) is 5.69 Å². The summed E-state index contributed by atoms with van der Waals surface area (Å²) in [6.07, 6.45) is -0.144. The third-order valence-corrected chi connectivity index (χ3v) is 4.24. The van der Waals surface area contributed by atoms with Crippen LogP contribution in [0.2, 0.25) is 0 Å². The van der Waals surface area contributed by atoms with E-state index in [0.29, 0.717) is 24.2 Å². The zero-order valence-electron chi connectivity index (χ0n) is 13.8. The second-order valence-corrected chi connectivity index (χ2v) is 6.21. The number of alkyl halides is 2. The monoisotopic (exact) mass is 349 g/mol. The number of fused-ring (bicyclic) bond motifs is 1. The molecule has 7 heteroatoms. The highest BCUT2D eigenvalue weighted by molar-refractivity contribution is 5.84. The molecule has 0 fully saturated rings. The maximum absolute atomic E-state index is 15.0. The van der Waals surface area contributed by atoms with Gasteiger partial charge in [-0.2, -0.15) is 13.9 Å². The molecule has 0 radical (unpaired) electrons. The van der Waals surface area contributed by atoms with Crippen LogP contribution in [0.4, 0.5) is 8.78 Å². The lowest BCUT2D eigenvalue weighted by Crippen LogP contribution is -2.27. The third-order valence-electron chi connectivity index (χ3n) is 4.24. The first-order valence-corrected chi connectivity index (χ1v) is 8.32. The molecule has 1 aromatic heterocycles. The van der Waals surface area contributed by atoms with Gasteiger partial charge in [0.2, 0.25) is 0 Å². The van der Waals surface area contributed by atoms with Gasteiger partial charge in [0.15, 0.2) is 0 Å². The Kier molecular flexibility index (Phi) is 5.24. The standard InChI is InChI=1S/C18H21F2N3O2/c19-18(20,10-14(25)7-9-24)17-15-11-21-8-6-16(15)22-23(17)12-13-4-2-1-3-5-13/h1-5,11,14,24-25H,6-10,12H2. The number of hydrogen-bond donors (Lipinski definition) is 2. The molecule has 0 aliphatic carbocycles. The van der Waals surface area contributed by atoms with E-state index in [1.54, 1.807) is 0 Å². The fourth-order valence-electron chi connectivity index (χ4n) is 3.07. The average molecular weight is 349 g/mol. The van der Waals surface area contributed by atoms with Gasteiger partial charge in [-0.1, -0.05) is 30.3 Å². The summed E-state index contributed by atoms with van der Waals surface area (Å²) < 4.78 is 31.2. The van der Waals surface area contributed by atoms with Gasteiger partial charge in [0.05, 0.1) is 18.3 Å². The number of rotatable bonds is 7. The molecule has 1 aliphatic heterocycles. The second-order valence-electron chi connectivity index (χ2n) is 6.21. The molecule has 134 valence electrons. The Hall–Kier alpha value is -2.12. The van der Waals surface area contributed by atoms with E-state index in [0.717, 1.165) is 5.56 Å². The van der Waals surface area contributed by atoms with Crippen LogP contribution in [-0.4, -0.2) is 45.5 Å². The van der Waals surface area contributed by atoms with E-state index >= 15 is 0 Å². The molecule has 1 atom stereocenters. The zero-order valence-corrected chi connectivity index (χ0v) is 13.8. The van der Waals surface area contributed by atoms with Crippen molar-refractivity contribution in [2.45, 2.75) is 37.8 Å². The molecule has 2 heterocycles. The molecule has 25 heavy (non-hydrogen) atoms. The van der Waals surface area contributed by atoms with Gasteiger partial charge in [0.25, 0.3) is 5.92 Å². The van der Waals surface area contributed by atoms with Crippen molar-refractivity contribution in [3.63, 3.8) is 0 Å². The lowest BCUT2D eigenvalue weighted by Gasteiger charge is -2.22. The SMILES string of the molecule is OCCC(O)CC(F)(F)c1c2c(nn1Cc1ccccc1)CCN=C2. The number of aromatic nitrogens is 2. The Morgan fingerprint density at radius 1 is 1.24 bits per heavy atom. The molecule has 0 spiro atoms. The van der Waals surface area contributed by atoms with Gasteiger partial charge in [-0.05, 0) is 12.0 Å². The Morgan fingerprint density at radius 2 is 2.00 bits per heavy atom. The van der Waals surface area contributed by atoms with Gasteiger partial charge in [-0.15, -0.1) is 0 Å². The molecular weight excluding hydrogens is 328 g/mol. The van der Waals surface area contributed by atoms with E-state index in [1.807, 2.05) is 30.3 Å². The zero-order chi connectivity index (χ0) is 17.9. The summed E-state index contributed by atoms with van der Waals surface area (Å²) >= 11 is 0. The molecular formula is C18H21F2N3O2. The summed E-state index contributed by atoms with van der Waals surface area (Å²) in [5.74, 6) is -3.27. The predicted molar refractivity (Wildman–Crippen MR) is 90.2 cm³/mol. The van der Waals surface area contributed by atoms with Crippen molar-refractivity contribution in [1.82, 2.24) is 9.78 Å². The minimum atomic E-state index is -3.27. The molecule has 0 saturated carbocycles. The number of hydrogen-bond acceptors (Lipinski definition) is 4. The van der Waals surface area contributed by atoms with Crippen LogP contribution < -0.4 is 0 Å². The van der Waals surface area contributed by atoms with Gasteiger partial charge in [-0.25, -0.2) is 0 Å². The van der Waals surface area contributed by atoms with E-state index in [2.05, 4.69) is 10.1 Å². The van der Waals surface area contributed by atoms with Crippen LogP contribution in [0, 0.1) is 0 Å². The van der Waals surface area contributed by atoms with Gasteiger partial charge in [0, 0.05) is 37.8 Å². The highest BCUT2D eigenvalue weighted by atomic mass is 19.3. The summed E-state index contributed by atoms with van der Waals surface area (Å²) in [6, 6.07) is 9.28. The molecule has 1 aromatic carbocycles. The third kappa shape index (κ3) is 3.93. The molecule has 5 nitrogen and oxygen atoms in total. The minimum absolute atomic E-state index is 0.0846. The Labute approximate surface area is 144 Å². The Balaban J connectivity index is 1.98. The lowest BCUT2D eigenvalue weighted by atomic mass is 10.00. The second kappa shape index (κ2) is 7.41. The Bertz CT molecular complexity index is 744. The molecule has 1 aliphatic rings. The smallest absolute Gasteiger partial charge is 0.292 e. The first kappa shape index (κ1) is 17.7. The van der Waals surface area contributed by atoms with Crippen LogP contribution in [0.1, 0.15) is 35.4 Å². The topological polar surface area (TPSA) is 70.6 Å². The lowest BCUT2D eigenvalue weighted by molar-refractivity contribution is -0.0602. The molecule has 3 rings (SSSR count). The maximum Gasteiger partial charge on any atom is 0.292 e. The van der Waals surface area contributed by atoms with E-state index < -0.39 is 18.4 Å². The first-order chi connectivity index (χ1) is 12.0. The van der Waals surface area contributed by atoms with Crippen molar-refractivity contribution in [3.8, 4) is 0 Å². The molecule has 0 saturated heterocycles. The van der Waals surface area contributed by atoms with Crippen molar-refractivity contribution in [2.75, 3.05) is 13.2 Å². The maximum atomic E-state index is 15.0. The molecule has 1 unspecified atom stereocenters. The highest BCUT2D eigenvalue weighted by Gasteiger charge is 2.41. The molecule has 0 bridgehead atoms. The average Bonchev–Trinajstić information content (AvgIpc) is 2.94. The first-order valence-electron chi connectivity index (χ1n) is 8.32. The summed E-state index contributed by atoms with van der Waals surface area (Å²) in [6.45, 7) is 0.427. The Morgan fingerprint density at radius 3 is 2.72 bits per heavy atom. The number of benzene rings is 1. The minimum Gasteiger partial charge on any atom is -0.396 e. The number of aliphatic hydroxyl groups excluding tert-OH is 2. The molecule has 2 aromatic rings. The van der Waals surface area contributed by atoms with E-state index in [-0.39, 0.29) is 25.3 Å². The van der Waals surface area contributed by atoms with Crippen molar-refractivity contribution >= 4 is 6.21 Å². The fourth-order valence-corrected chi connectivity index (χ4v) is 3.07. The number of halogens is 2. The van der Waals surface area contributed by atoms with Crippen LogP contribution in [0.25, 0.3) is 0 Å². The summed E-state index contributed by atoms with van der Waals surface area (Å²) in [7, 11) is 0. The largest absolute Gasteiger partial charge is 0.396 e. The molecule has 2 N–H and O–H groups in total. The van der Waals surface area contributed by atoms with Crippen molar-refractivity contribution in [1.29, 1.82) is 0 Å². The van der Waals surface area contributed by atoms with Crippen molar-refractivity contribution in [2.24, 2.45) is 4.99 Å². The van der Waals surface area contributed by atoms with E-state index in [1.165, 1.54) is 10.9 Å². The van der Waals surface area contributed by atoms with Crippen LogP contribution in [0.15, 0.2) is 35.3 Å². The van der Waals surface area contributed by atoms with Gasteiger partial charge < -0.3 is 10.2 Å². The summed E-state index contributed by atoms with van der Waals surface area (Å²) in [5, 5.41) is 23.0. The number of aliphatic imine (C=N–C) groups is 1. The molecule has 0 amide bonds. The van der Waals surface area contributed by atoms with E-state index in [9.17, 15) is 13.9 Å². The number of nitrogens with zero attached hydrogens (tertiary/aromatic N) is 3. The summed E-state index contributed by atoms with van der Waals surface area (Å²) in [4.78, 5) is 4.11. The normalized spacial score (nSPS) is 15.2. The predicted octanol–water partition coefficient (Wildman–Crippen LogP) is 2.13. The van der Waals surface area contributed by atoms with Crippen LogP contribution in [0.5, 0.6) is 0 Å². The highest BCUT2D eigenvalue weighted by Crippen LogP contribution is 2.37. The fraction of sp³-hybridized carbons (Fsp3) is 0.444. The van der Waals surface area contributed by atoms with Crippen molar-refractivity contribution in [3.05, 3.63) is 52.8 Å². The summed E-state index contributed by atoms with van der Waals surface area (Å²) in [5.41, 5.74) is 1.61.